The molecule has 1 nitrogen and oxygen atoms in total. The van der Waals surface area contributed by atoms with Gasteiger partial charge in [-0.3, -0.25) is 0 Å². The minimum Gasteiger partial charge on any atom is -0.402 e. The van der Waals surface area contributed by atoms with Crippen LogP contribution in [0, 0.1) is 0 Å². The molecule has 1 atom stereocenters. The van der Waals surface area contributed by atoms with Gasteiger partial charge in [-0.15, -0.1) is 0 Å². The molecular weight excluding hydrogens is 158 g/mol. The van der Waals surface area contributed by atoms with Crippen LogP contribution < -0.4 is 5.73 Å². The highest BCUT2D eigenvalue weighted by atomic mass is 14.6. The Labute approximate surface area is 80.3 Å². The Morgan fingerprint density at radius 1 is 1.38 bits per heavy atom. The summed E-state index contributed by atoms with van der Waals surface area (Å²) in [7, 11) is 0. The third kappa shape index (κ3) is 2.62. The third-order valence-corrected chi connectivity index (χ3v) is 2.23. The van der Waals surface area contributed by atoms with Crippen molar-refractivity contribution in [3.8, 4) is 0 Å². The molecule has 0 aromatic heterocycles. The van der Waals surface area contributed by atoms with Gasteiger partial charge in [0.15, 0.2) is 0 Å². The summed E-state index contributed by atoms with van der Waals surface area (Å²) >= 11 is 0. The molecule has 70 valence electrons. The van der Waals surface area contributed by atoms with Gasteiger partial charge >= 0.3 is 0 Å². The molecule has 0 amide bonds. The first kappa shape index (κ1) is 9.85. The van der Waals surface area contributed by atoms with E-state index in [0.29, 0.717) is 5.92 Å². The van der Waals surface area contributed by atoms with E-state index in [9.17, 15) is 0 Å². The summed E-state index contributed by atoms with van der Waals surface area (Å²) in [6.07, 6.45) is 2.22. The smallest absolute Gasteiger partial charge is 0.0229 e. The summed E-state index contributed by atoms with van der Waals surface area (Å²) in [5, 5.41) is 0. The molecule has 0 fully saturated rings. The van der Waals surface area contributed by atoms with E-state index in [1.54, 1.807) is 0 Å². The molecule has 0 aliphatic carbocycles. The molecule has 13 heavy (non-hydrogen) atoms. The minimum absolute atomic E-state index is 0.325. The van der Waals surface area contributed by atoms with Gasteiger partial charge in [0.1, 0.15) is 0 Å². The van der Waals surface area contributed by atoms with Crippen LogP contribution in [0.1, 0.15) is 31.2 Å². The summed E-state index contributed by atoms with van der Waals surface area (Å²) in [5.74, 6) is 0.325. The number of rotatable bonds is 4. The summed E-state index contributed by atoms with van der Waals surface area (Å²) in [5.41, 5.74) is 7.81. The van der Waals surface area contributed by atoms with Crippen LogP contribution in [0.4, 0.5) is 0 Å². The average Bonchev–Trinajstić information content (AvgIpc) is 2.15. The molecule has 0 radical (unpaired) electrons. The van der Waals surface area contributed by atoms with Gasteiger partial charge in [-0.05, 0) is 12.0 Å². The molecule has 1 aromatic carbocycles. The molecule has 0 aliphatic rings. The van der Waals surface area contributed by atoms with Crippen molar-refractivity contribution in [2.45, 2.75) is 25.7 Å². The van der Waals surface area contributed by atoms with E-state index >= 15 is 0 Å². The maximum Gasteiger partial charge on any atom is 0.0229 e. The van der Waals surface area contributed by atoms with Crippen molar-refractivity contribution in [3.05, 3.63) is 48.2 Å². The SMILES string of the molecule is C=C(N)C(CCC)c1ccccc1. The lowest BCUT2D eigenvalue weighted by Crippen LogP contribution is -2.08. The number of nitrogens with two attached hydrogens (primary N) is 1. The van der Waals surface area contributed by atoms with Gasteiger partial charge in [0.25, 0.3) is 0 Å². The Balaban J connectivity index is 2.82. The Morgan fingerprint density at radius 2 is 2.00 bits per heavy atom. The van der Waals surface area contributed by atoms with E-state index in [2.05, 4.69) is 25.6 Å². The summed E-state index contributed by atoms with van der Waals surface area (Å²) in [6, 6.07) is 10.3. The lowest BCUT2D eigenvalue weighted by Gasteiger charge is -2.15. The highest BCUT2D eigenvalue weighted by Gasteiger charge is 2.10. The molecule has 0 saturated heterocycles. The van der Waals surface area contributed by atoms with Crippen molar-refractivity contribution in [2.75, 3.05) is 0 Å². The second-order valence-electron chi connectivity index (χ2n) is 3.33. The molecule has 1 aromatic rings. The number of hydrogen-bond acceptors (Lipinski definition) is 1. The van der Waals surface area contributed by atoms with E-state index in [-0.39, 0.29) is 0 Å². The van der Waals surface area contributed by atoms with Crippen LogP contribution in [0.5, 0.6) is 0 Å². The van der Waals surface area contributed by atoms with Crippen LogP contribution in [0.2, 0.25) is 0 Å². The number of allylic oxidation sites excluding steroid dienone is 1. The maximum atomic E-state index is 5.76. The van der Waals surface area contributed by atoms with Crippen LogP contribution in [0.25, 0.3) is 0 Å². The Hall–Kier alpha value is -1.24. The predicted octanol–water partition coefficient (Wildman–Crippen LogP) is 3.04. The van der Waals surface area contributed by atoms with Gasteiger partial charge < -0.3 is 5.73 Å². The molecular formula is C12H17N. The Bertz CT molecular complexity index is 264. The standard InChI is InChI=1S/C12H17N/c1-3-7-12(10(2)13)11-8-5-4-6-9-11/h4-6,8-9,12H,2-3,7,13H2,1H3. The Kier molecular flexibility index (Phi) is 3.56. The molecule has 1 unspecified atom stereocenters. The van der Waals surface area contributed by atoms with Gasteiger partial charge in [0.05, 0.1) is 0 Å². The normalized spacial score (nSPS) is 12.4. The van der Waals surface area contributed by atoms with E-state index in [4.69, 9.17) is 5.73 Å². The topological polar surface area (TPSA) is 26.0 Å². The van der Waals surface area contributed by atoms with Gasteiger partial charge in [-0.25, -0.2) is 0 Å². The molecule has 1 rings (SSSR count). The molecule has 1 heteroatoms. The minimum atomic E-state index is 0.325. The quantitative estimate of drug-likeness (QED) is 0.747. The second kappa shape index (κ2) is 4.70. The summed E-state index contributed by atoms with van der Waals surface area (Å²) in [4.78, 5) is 0. The summed E-state index contributed by atoms with van der Waals surface area (Å²) < 4.78 is 0. The van der Waals surface area contributed by atoms with Gasteiger partial charge in [-0.2, -0.15) is 0 Å². The van der Waals surface area contributed by atoms with E-state index in [0.717, 1.165) is 18.5 Å². The molecule has 0 heterocycles. The zero-order chi connectivity index (χ0) is 9.68. The van der Waals surface area contributed by atoms with Crippen molar-refractivity contribution >= 4 is 0 Å². The zero-order valence-corrected chi connectivity index (χ0v) is 8.16. The van der Waals surface area contributed by atoms with Crippen LogP contribution in [-0.2, 0) is 0 Å². The van der Waals surface area contributed by atoms with Crippen LogP contribution in [-0.4, -0.2) is 0 Å². The molecule has 0 saturated carbocycles. The zero-order valence-electron chi connectivity index (χ0n) is 8.16. The highest BCUT2D eigenvalue weighted by molar-refractivity contribution is 5.26. The van der Waals surface area contributed by atoms with Gasteiger partial charge in [-0.1, -0.05) is 50.3 Å². The first-order chi connectivity index (χ1) is 6.25. The van der Waals surface area contributed by atoms with E-state index in [1.807, 2.05) is 18.2 Å². The fraction of sp³-hybridized carbons (Fsp3) is 0.333. The van der Waals surface area contributed by atoms with E-state index < -0.39 is 0 Å². The Morgan fingerprint density at radius 3 is 2.46 bits per heavy atom. The molecule has 0 spiro atoms. The van der Waals surface area contributed by atoms with Crippen molar-refractivity contribution in [3.63, 3.8) is 0 Å². The maximum absolute atomic E-state index is 5.76. The predicted molar refractivity (Wildman–Crippen MR) is 57.4 cm³/mol. The summed E-state index contributed by atoms with van der Waals surface area (Å²) in [6.45, 7) is 5.99. The average molecular weight is 175 g/mol. The molecule has 2 N–H and O–H groups in total. The van der Waals surface area contributed by atoms with Gasteiger partial charge in [0.2, 0.25) is 0 Å². The first-order valence-corrected chi connectivity index (χ1v) is 4.75. The fourth-order valence-electron chi connectivity index (χ4n) is 1.54. The second-order valence-corrected chi connectivity index (χ2v) is 3.33. The van der Waals surface area contributed by atoms with Crippen LogP contribution >= 0.6 is 0 Å². The first-order valence-electron chi connectivity index (χ1n) is 4.75. The van der Waals surface area contributed by atoms with Crippen LogP contribution in [0.15, 0.2) is 42.6 Å². The van der Waals surface area contributed by atoms with Crippen molar-refractivity contribution < 1.29 is 0 Å². The fourth-order valence-corrected chi connectivity index (χ4v) is 1.54. The van der Waals surface area contributed by atoms with Crippen LogP contribution in [0.3, 0.4) is 0 Å². The van der Waals surface area contributed by atoms with Crippen molar-refractivity contribution in [1.82, 2.24) is 0 Å². The number of hydrogen-bond donors (Lipinski definition) is 1. The monoisotopic (exact) mass is 175 g/mol. The van der Waals surface area contributed by atoms with Crippen molar-refractivity contribution in [1.29, 1.82) is 0 Å². The lowest BCUT2D eigenvalue weighted by atomic mass is 9.92. The largest absolute Gasteiger partial charge is 0.402 e. The molecule has 0 bridgehead atoms. The lowest BCUT2D eigenvalue weighted by molar-refractivity contribution is 0.682. The number of benzene rings is 1. The van der Waals surface area contributed by atoms with Gasteiger partial charge in [0, 0.05) is 11.6 Å². The van der Waals surface area contributed by atoms with E-state index in [1.165, 1.54) is 5.56 Å². The van der Waals surface area contributed by atoms with Crippen molar-refractivity contribution in [2.24, 2.45) is 5.73 Å². The molecule has 0 aliphatic heterocycles. The third-order valence-electron chi connectivity index (χ3n) is 2.23. The highest BCUT2D eigenvalue weighted by Crippen LogP contribution is 2.24.